The number of aryl methyl sites for hydroxylation is 1. The molecule has 0 spiro atoms. The number of anilines is 1. The number of fused-ring (bicyclic) bond motifs is 3. The van der Waals surface area contributed by atoms with Gasteiger partial charge >= 0.3 is 0 Å². The predicted molar refractivity (Wildman–Crippen MR) is 143 cm³/mol. The third kappa shape index (κ3) is 5.99. The van der Waals surface area contributed by atoms with Crippen molar-refractivity contribution in [1.29, 1.82) is 0 Å². The number of hydrogen-bond donors (Lipinski definition) is 2. The maximum absolute atomic E-state index is 13.3. The Morgan fingerprint density at radius 2 is 1.84 bits per heavy atom. The van der Waals surface area contributed by atoms with Gasteiger partial charge in [0, 0.05) is 32.1 Å². The first-order valence-corrected chi connectivity index (χ1v) is 12.8. The minimum atomic E-state index is -0.323. The predicted octanol–water partition coefficient (Wildman–Crippen LogP) is 3.00. The summed E-state index contributed by atoms with van der Waals surface area (Å²) in [6.45, 7) is 6.56. The Morgan fingerprint density at radius 1 is 1.08 bits per heavy atom. The lowest BCUT2D eigenvalue weighted by Gasteiger charge is -2.26. The van der Waals surface area contributed by atoms with Crippen LogP contribution >= 0.6 is 0 Å². The molecule has 9 nitrogen and oxygen atoms in total. The smallest absolute Gasteiger partial charge is 0.217 e. The van der Waals surface area contributed by atoms with E-state index < -0.39 is 0 Å². The quantitative estimate of drug-likeness (QED) is 0.496. The number of carbonyl (C=O) groups excluding carboxylic acids is 1. The minimum absolute atomic E-state index is 0.120. The Balaban J connectivity index is 1.73. The zero-order valence-electron chi connectivity index (χ0n) is 22.1. The number of ether oxygens (including phenoxy) is 4. The molecule has 0 radical (unpaired) electrons. The Hall–Kier alpha value is -3.30. The molecule has 1 aliphatic carbocycles. The third-order valence-corrected chi connectivity index (χ3v) is 6.99. The fourth-order valence-electron chi connectivity index (χ4n) is 5.20. The van der Waals surface area contributed by atoms with E-state index in [-0.39, 0.29) is 17.4 Å². The summed E-state index contributed by atoms with van der Waals surface area (Å²) in [5, 5.41) is 6.37. The summed E-state index contributed by atoms with van der Waals surface area (Å²) >= 11 is 0. The van der Waals surface area contributed by atoms with Crippen LogP contribution < -0.4 is 30.3 Å². The van der Waals surface area contributed by atoms with Crippen LogP contribution in [0.2, 0.25) is 0 Å². The first kappa shape index (κ1) is 26.8. The van der Waals surface area contributed by atoms with Crippen LogP contribution in [0.15, 0.2) is 29.1 Å². The largest absolute Gasteiger partial charge is 0.493 e. The molecule has 1 atom stereocenters. The second-order valence-electron chi connectivity index (χ2n) is 9.33. The number of nitrogens with one attached hydrogen (secondary N) is 2. The summed E-state index contributed by atoms with van der Waals surface area (Å²) in [5.74, 6) is 1.46. The number of methoxy groups -OCH3 is 3. The molecule has 0 saturated carbocycles. The molecule has 1 heterocycles. The van der Waals surface area contributed by atoms with Gasteiger partial charge in [0.05, 0.1) is 46.3 Å². The Morgan fingerprint density at radius 3 is 2.51 bits per heavy atom. The van der Waals surface area contributed by atoms with Crippen LogP contribution in [0.4, 0.5) is 5.69 Å². The van der Waals surface area contributed by atoms with Crippen LogP contribution in [0.25, 0.3) is 11.1 Å². The van der Waals surface area contributed by atoms with Gasteiger partial charge in [-0.2, -0.15) is 0 Å². The van der Waals surface area contributed by atoms with Crippen molar-refractivity contribution in [3.63, 3.8) is 0 Å². The number of hydrogen-bond acceptors (Lipinski definition) is 8. The zero-order valence-corrected chi connectivity index (χ0v) is 22.1. The SMILES string of the molecule is COc1cc2c(c(OC)c1OC)-c1ccc(NCCCN3CCOCC3)c(=O)cc1[C@@H](NC(C)=O)CC2. The monoisotopic (exact) mass is 511 g/mol. The molecule has 0 aromatic heterocycles. The standard InChI is InChI=1S/C28H37N3O6/c1-18(32)30-22-8-6-19-16-25(34-2)27(35-3)28(36-4)26(19)20-7-9-23(24(33)17-21(20)22)29-10-5-11-31-12-14-37-15-13-31/h7,9,16-17,22H,5-6,8,10-15H2,1-4H3,(H,29,33)(H,30,32)/t22-/m0/s1. The highest BCUT2D eigenvalue weighted by Gasteiger charge is 2.29. The Labute approximate surface area is 218 Å². The highest BCUT2D eigenvalue weighted by Crippen LogP contribution is 2.50. The number of benzene rings is 1. The molecule has 1 aliphatic heterocycles. The van der Waals surface area contributed by atoms with E-state index in [0.29, 0.717) is 42.3 Å². The van der Waals surface area contributed by atoms with Gasteiger partial charge in [-0.25, -0.2) is 0 Å². The molecular weight excluding hydrogens is 474 g/mol. The lowest BCUT2D eigenvalue weighted by Crippen LogP contribution is -2.37. The van der Waals surface area contributed by atoms with Crippen molar-refractivity contribution in [2.75, 3.05) is 66.0 Å². The van der Waals surface area contributed by atoms with Gasteiger partial charge in [0.2, 0.25) is 17.1 Å². The van der Waals surface area contributed by atoms with Crippen molar-refractivity contribution < 1.29 is 23.7 Å². The van der Waals surface area contributed by atoms with E-state index in [1.165, 1.54) is 6.92 Å². The van der Waals surface area contributed by atoms with Crippen molar-refractivity contribution >= 4 is 11.6 Å². The van der Waals surface area contributed by atoms with Gasteiger partial charge in [-0.1, -0.05) is 6.07 Å². The summed E-state index contributed by atoms with van der Waals surface area (Å²) in [5.41, 5.74) is 3.83. The van der Waals surface area contributed by atoms with Gasteiger partial charge in [0.1, 0.15) is 0 Å². The maximum Gasteiger partial charge on any atom is 0.217 e. The van der Waals surface area contributed by atoms with Gasteiger partial charge in [0.15, 0.2) is 11.5 Å². The average Bonchev–Trinajstić information content (AvgIpc) is 3.14. The second kappa shape index (κ2) is 12.3. The van der Waals surface area contributed by atoms with Crippen LogP contribution in [0.3, 0.4) is 0 Å². The summed E-state index contributed by atoms with van der Waals surface area (Å²) in [4.78, 5) is 27.8. The number of rotatable bonds is 9. The normalized spacial score (nSPS) is 17.1. The molecule has 1 fully saturated rings. The molecule has 200 valence electrons. The molecule has 2 aromatic carbocycles. The van der Waals surface area contributed by atoms with Crippen molar-refractivity contribution in [2.45, 2.75) is 32.2 Å². The molecule has 37 heavy (non-hydrogen) atoms. The van der Waals surface area contributed by atoms with Gasteiger partial charge < -0.3 is 29.6 Å². The van der Waals surface area contributed by atoms with Crippen molar-refractivity contribution in [3.8, 4) is 28.4 Å². The molecule has 0 unspecified atom stereocenters. The molecule has 2 N–H and O–H groups in total. The van der Waals surface area contributed by atoms with E-state index in [4.69, 9.17) is 18.9 Å². The molecule has 0 bridgehead atoms. The van der Waals surface area contributed by atoms with Crippen LogP contribution in [0.5, 0.6) is 17.2 Å². The highest BCUT2D eigenvalue weighted by atomic mass is 16.5. The van der Waals surface area contributed by atoms with Gasteiger partial charge in [-0.15, -0.1) is 0 Å². The number of nitrogens with zero attached hydrogens (tertiary/aromatic N) is 1. The lowest BCUT2D eigenvalue weighted by molar-refractivity contribution is -0.119. The highest BCUT2D eigenvalue weighted by molar-refractivity contribution is 5.83. The molecule has 9 heteroatoms. The van der Waals surface area contributed by atoms with Gasteiger partial charge in [0.25, 0.3) is 0 Å². The van der Waals surface area contributed by atoms with Crippen LogP contribution in [0.1, 0.15) is 36.9 Å². The molecule has 4 rings (SSSR count). The number of carbonyl (C=O) groups is 1. The molecular formula is C28H37N3O6. The second-order valence-corrected chi connectivity index (χ2v) is 9.33. The molecule has 1 saturated heterocycles. The summed E-state index contributed by atoms with van der Waals surface area (Å²) < 4.78 is 22.5. The van der Waals surface area contributed by atoms with E-state index >= 15 is 0 Å². The van der Waals surface area contributed by atoms with E-state index in [1.54, 1.807) is 27.4 Å². The van der Waals surface area contributed by atoms with E-state index in [9.17, 15) is 9.59 Å². The van der Waals surface area contributed by atoms with Crippen LogP contribution in [-0.2, 0) is 16.0 Å². The van der Waals surface area contributed by atoms with Gasteiger partial charge in [-0.3, -0.25) is 14.5 Å². The zero-order chi connectivity index (χ0) is 26.4. The van der Waals surface area contributed by atoms with Crippen molar-refractivity contribution in [3.05, 3.63) is 45.6 Å². The topological polar surface area (TPSA) is 98.4 Å². The number of morpholine rings is 1. The summed E-state index contributed by atoms with van der Waals surface area (Å²) in [6, 6.07) is 7.04. The Bertz CT molecular complexity index is 1180. The van der Waals surface area contributed by atoms with Crippen molar-refractivity contribution in [1.82, 2.24) is 10.2 Å². The Kier molecular flexibility index (Phi) is 8.89. The fraction of sp³-hybridized carbons (Fsp3) is 0.500. The minimum Gasteiger partial charge on any atom is -0.493 e. The summed E-state index contributed by atoms with van der Waals surface area (Å²) in [6.07, 6.45) is 2.21. The molecule has 2 aliphatic rings. The molecule has 1 amide bonds. The van der Waals surface area contributed by atoms with Gasteiger partial charge in [-0.05, 0) is 60.7 Å². The van der Waals surface area contributed by atoms with E-state index in [1.807, 2.05) is 18.2 Å². The van der Waals surface area contributed by atoms with E-state index in [2.05, 4.69) is 15.5 Å². The fourth-order valence-corrected chi connectivity index (χ4v) is 5.20. The average molecular weight is 512 g/mol. The maximum atomic E-state index is 13.3. The van der Waals surface area contributed by atoms with E-state index in [0.717, 1.165) is 61.5 Å². The number of amides is 1. The third-order valence-electron chi connectivity index (χ3n) is 6.99. The first-order valence-electron chi connectivity index (χ1n) is 12.8. The molecule has 2 aromatic rings. The lowest BCUT2D eigenvalue weighted by atomic mass is 9.95. The van der Waals surface area contributed by atoms with Crippen LogP contribution in [-0.4, -0.2) is 71.5 Å². The van der Waals surface area contributed by atoms with Crippen molar-refractivity contribution in [2.24, 2.45) is 0 Å². The summed E-state index contributed by atoms with van der Waals surface area (Å²) in [7, 11) is 4.76. The van der Waals surface area contributed by atoms with Crippen LogP contribution in [0, 0.1) is 0 Å². The first-order chi connectivity index (χ1) is 18.0.